The van der Waals surface area contributed by atoms with Crippen LogP contribution in [0.2, 0.25) is 0 Å². The van der Waals surface area contributed by atoms with Gasteiger partial charge in [-0.2, -0.15) is 5.26 Å². The third-order valence-electron chi connectivity index (χ3n) is 2.93. The molecule has 0 unspecified atom stereocenters. The number of nitrogens with one attached hydrogen (secondary N) is 1. The van der Waals surface area contributed by atoms with E-state index in [-0.39, 0.29) is 17.9 Å². The number of hydrogen-bond donors (Lipinski definition) is 1. The molecule has 112 valence electrons. The van der Waals surface area contributed by atoms with Crippen LogP contribution in [0.4, 0.5) is 5.69 Å². The number of rotatable bonds is 5. The van der Waals surface area contributed by atoms with Gasteiger partial charge in [0.05, 0.1) is 18.2 Å². The van der Waals surface area contributed by atoms with E-state index in [1.54, 1.807) is 25.1 Å². The van der Waals surface area contributed by atoms with Crippen molar-refractivity contribution in [2.45, 2.75) is 34.1 Å². The van der Waals surface area contributed by atoms with Gasteiger partial charge in [0, 0.05) is 24.4 Å². The maximum Gasteiger partial charge on any atom is 0.338 e. The van der Waals surface area contributed by atoms with Gasteiger partial charge >= 0.3 is 5.97 Å². The Morgan fingerprint density at radius 1 is 1.38 bits per heavy atom. The second-order valence-electron chi connectivity index (χ2n) is 5.79. The minimum absolute atomic E-state index is 0.170. The van der Waals surface area contributed by atoms with Gasteiger partial charge in [-0.05, 0) is 24.6 Å². The van der Waals surface area contributed by atoms with E-state index in [1.165, 1.54) is 6.92 Å². The zero-order chi connectivity index (χ0) is 16.0. The Bertz CT molecular complexity index is 586. The number of benzene rings is 1. The Morgan fingerprint density at radius 3 is 2.62 bits per heavy atom. The molecule has 0 aliphatic rings. The first-order valence-corrected chi connectivity index (χ1v) is 6.67. The molecular formula is C16H20N2O3. The molecule has 0 saturated carbocycles. The number of amides is 1. The van der Waals surface area contributed by atoms with E-state index in [2.05, 4.69) is 11.4 Å². The van der Waals surface area contributed by atoms with Gasteiger partial charge in [-0.15, -0.1) is 0 Å². The number of aryl methyl sites for hydroxylation is 1. The molecule has 0 atom stereocenters. The van der Waals surface area contributed by atoms with Gasteiger partial charge in [0.25, 0.3) is 0 Å². The SMILES string of the molecule is CC(=O)Nc1ccc(C)c(C(=O)OCC(C)(C)CC#N)c1. The fraction of sp³-hybridized carbons (Fsp3) is 0.438. The number of ether oxygens (including phenoxy) is 1. The lowest BCUT2D eigenvalue weighted by Gasteiger charge is -2.20. The average Bonchev–Trinajstić information content (AvgIpc) is 2.38. The molecule has 0 aliphatic heterocycles. The second kappa shape index (κ2) is 6.89. The Balaban J connectivity index is 2.82. The summed E-state index contributed by atoms with van der Waals surface area (Å²) in [5.41, 5.74) is 1.35. The number of nitriles is 1. The first-order chi connectivity index (χ1) is 9.75. The van der Waals surface area contributed by atoms with Crippen LogP contribution >= 0.6 is 0 Å². The first-order valence-electron chi connectivity index (χ1n) is 6.67. The molecule has 1 N–H and O–H groups in total. The van der Waals surface area contributed by atoms with Crippen molar-refractivity contribution < 1.29 is 14.3 Å². The van der Waals surface area contributed by atoms with Crippen LogP contribution in [-0.2, 0) is 9.53 Å². The van der Waals surface area contributed by atoms with Crippen molar-refractivity contribution >= 4 is 17.6 Å². The molecule has 0 aromatic heterocycles. The fourth-order valence-corrected chi connectivity index (χ4v) is 1.73. The maximum atomic E-state index is 12.1. The highest BCUT2D eigenvalue weighted by molar-refractivity contribution is 5.94. The molecule has 0 saturated heterocycles. The van der Waals surface area contributed by atoms with Crippen LogP contribution in [0.5, 0.6) is 0 Å². The Kier molecular flexibility index (Phi) is 5.48. The molecule has 0 heterocycles. The van der Waals surface area contributed by atoms with Gasteiger partial charge in [0.15, 0.2) is 0 Å². The highest BCUT2D eigenvalue weighted by Crippen LogP contribution is 2.22. The van der Waals surface area contributed by atoms with E-state index < -0.39 is 5.97 Å². The molecule has 5 nitrogen and oxygen atoms in total. The lowest BCUT2D eigenvalue weighted by atomic mass is 9.91. The molecule has 0 spiro atoms. The number of nitrogens with zero attached hydrogens (tertiary/aromatic N) is 1. The van der Waals surface area contributed by atoms with E-state index in [4.69, 9.17) is 10.00 Å². The standard InChI is InChI=1S/C16H20N2O3/c1-11-5-6-13(18-12(2)19)9-14(11)15(20)21-10-16(3,4)7-8-17/h5-6,9H,7,10H2,1-4H3,(H,18,19). The van der Waals surface area contributed by atoms with Crippen LogP contribution in [0.1, 0.15) is 43.1 Å². The number of carbonyl (C=O) groups is 2. The molecule has 5 heteroatoms. The number of esters is 1. The summed E-state index contributed by atoms with van der Waals surface area (Å²) in [5.74, 6) is -0.654. The summed E-state index contributed by atoms with van der Waals surface area (Å²) < 4.78 is 5.28. The summed E-state index contributed by atoms with van der Waals surface area (Å²) in [4.78, 5) is 23.2. The molecule has 0 aliphatic carbocycles. The summed E-state index contributed by atoms with van der Waals surface area (Å²) in [6.07, 6.45) is 0.311. The highest BCUT2D eigenvalue weighted by atomic mass is 16.5. The number of anilines is 1. The molecule has 1 rings (SSSR count). The summed E-state index contributed by atoms with van der Waals surface area (Å²) in [6.45, 7) is 7.11. The second-order valence-corrected chi connectivity index (χ2v) is 5.79. The summed E-state index contributed by atoms with van der Waals surface area (Å²) in [5, 5.41) is 11.3. The van der Waals surface area contributed by atoms with Crippen molar-refractivity contribution in [1.82, 2.24) is 0 Å². The number of carbonyl (C=O) groups excluding carboxylic acids is 2. The summed E-state index contributed by atoms with van der Waals surface area (Å²) in [6, 6.07) is 7.15. The molecule has 0 bridgehead atoms. The Labute approximate surface area is 124 Å². The van der Waals surface area contributed by atoms with Crippen LogP contribution in [0.25, 0.3) is 0 Å². The Morgan fingerprint density at radius 2 is 2.05 bits per heavy atom. The Hall–Kier alpha value is -2.35. The fourth-order valence-electron chi connectivity index (χ4n) is 1.73. The van der Waals surface area contributed by atoms with E-state index in [0.717, 1.165) is 5.56 Å². The number of hydrogen-bond acceptors (Lipinski definition) is 4. The van der Waals surface area contributed by atoms with Crippen molar-refractivity contribution in [1.29, 1.82) is 5.26 Å². The van der Waals surface area contributed by atoms with Gasteiger partial charge in [-0.1, -0.05) is 19.9 Å². The van der Waals surface area contributed by atoms with Crippen LogP contribution < -0.4 is 5.32 Å². The highest BCUT2D eigenvalue weighted by Gasteiger charge is 2.21. The largest absolute Gasteiger partial charge is 0.461 e. The van der Waals surface area contributed by atoms with Crippen LogP contribution in [-0.4, -0.2) is 18.5 Å². The molecule has 0 radical (unpaired) electrons. The molecular weight excluding hydrogens is 268 g/mol. The molecule has 0 fully saturated rings. The van der Waals surface area contributed by atoms with Crippen LogP contribution in [0, 0.1) is 23.7 Å². The third-order valence-corrected chi connectivity index (χ3v) is 2.93. The van der Waals surface area contributed by atoms with E-state index >= 15 is 0 Å². The lowest BCUT2D eigenvalue weighted by Crippen LogP contribution is -2.22. The minimum atomic E-state index is -0.453. The van der Waals surface area contributed by atoms with Crippen molar-refractivity contribution in [2.75, 3.05) is 11.9 Å². The predicted octanol–water partition coefficient (Wildman–Crippen LogP) is 3.05. The predicted molar refractivity (Wildman–Crippen MR) is 79.8 cm³/mol. The van der Waals surface area contributed by atoms with Crippen molar-refractivity contribution in [2.24, 2.45) is 5.41 Å². The third kappa shape index (κ3) is 5.27. The zero-order valence-electron chi connectivity index (χ0n) is 12.8. The van der Waals surface area contributed by atoms with Gasteiger partial charge in [-0.25, -0.2) is 4.79 Å². The van der Waals surface area contributed by atoms with Crippen molar-refractivity contribution in [3.63, 3.8) is 0 Å². The zero-order valence-corrected chi connectivity index (χ0v) is 12.8. The summed E-state index contributed by atoms with van der Waals surface area (Å²) >= 11 is 0. The summed E-state index contributed by atoms with van der Waals surface area (Å²) in [7, 11) is 0. The topological polar surface area (TPSA) is 79.2 Å². The molecule has 1 aromatic rings. The lowest BCUT2D eigenvalue weighted by molar-refractivity contribution is -0.114. The minimum Gasteiger partial charge on any atom is -0.461 e. The van der Waals surface area contributed by atoms with Crippen molar-refractivity contribution in [3.8, 4) is 6.07 Å². The smallest absolute Gasteiger partial charge is 0.338 e. The van der Waals surface area contributed by atoms with Gasteiger partial charge in [0.1, 0.15) is 0 Å². The van der Waals surface area contributed by atoms with E-state index in [9.17, 15) is 9.59 Å². The quantitative estimate of drug-likeness (QED) is 0.844. The monoisotopic (exact) mass is 288 g/mol. The van der Waals surface area contributed by atoms with Gasteiger partial charge < -0.3 is 10.1 Å². The molecule has 1 aromatic carbocycles. The normalized spacial score (nSPS) is 10.6. The molecule has 21 heavy (non-hydrogen) atoms. The van der Waals surface area contributed by atoms with Crippen LogP contribution in [0.15, 0.2) is 18.2 Å². The van der Waals surface area contributed by atoms with E-state index in [1.807, 2.05) is 13.8 Å². The van der Waals surface area contributed by atoms with Crippen molar-refractivity contribution in [3.05, 3.63) is 29.3 Å². The van der Waals surface area contributed by atoms with Gasteiger partial charge in [0.2, 0.25) is 5.91 Å². The first kappa shape index (κ1) is 16.7. The molecule has 1 amide bonds. The van der Waals surface area contributed by atoms with E-state index in [0.29, 0.717) is 17.7 Å². The maximum absolute atomic E-state index is 12.1. The van der Waals surface area contributed by atoms with Crippen LogP contribution in [0.3, 0.4) is 0 Å². The van der Waals surface area contributed by atoms with Gasteiger partial charge in [-0.3, -0.25) is 4.79 Å². The average molecular weight is 288 g/mol.